The SMILES string of the molecule is CNC(=O)/N=c1/sn(C)c(=O)n1C. The van der Waals surface area contributed by atoms with Gasteiger partial charge < -0.3 is 5.32 Å². The minimum absolute atomic E-state index is 0.187. The highest BCUT2D eigenvalue weighted by atomic mass is 32.1. The molecule has 0 aliphatic carbocycles. The van der Waals surface area contributed by atoms with Crippen molar-refractivity contribution in [2.45, 2.75) is 0 Å². The van der Waals surface area contributed by atoms with Crippen molar-refractivity contribution in [1.29, 1.82) is 0 Å². The van der Waals surface area contributed by atoms with Gasteiger partial charge in [-0.25, -0.2) is 13.5 Å². The lowest BCUT2D eigenvalue weighted by Crippen LogP contribution is -2.27. The van der Waals surface area contributed by atoms with Crippen LogP contribution in [0.25, 0.3) is 0 Å². The Hall–Kier alpha value is -1.37. The van der Waals surface area contributed by atoms with E-state index >= 15 is 0 Å². The van der Waals surface area contributed by atoms with E-state index in [1.807, 2.05) is 0 Å². The van der Waals surface area contributed by atoms with Crippen molar-refractivity contribution in [3.8, 4) is 0 Å². The predicted octanol–water partition coefficient (Wildman–Crippen LogP) is -0.975. The smallest absolute Gasteiger partial charge is 0.339 e. The summed E-state index contributed by atoms with van der Waals surface area (Å²) in [4.78, 5) is 26.1. The van der Waals surface area contributed by atoms with Crippen LogP contribution in [0.15, 0.2) is 9.79 Å². The number of aryl methyl sites for hydroxylation is 1. The molecule has 72 valence electrons. The van der Waals surface area contributed by atoms with E-state index in [1.54, 1.807) is 14.1 Å². The topological polar surface area (TPSA) is 68.4 Å². The van der Waals surface area contributed by atoms with Crippen molar-refractivity contribution in [3.63, 3.8) is 0 Å². The first-order valence-corrected chi connectivity index (χ1v) is 4.33. The van der Waals surface area contributed by atoms with Gasteiger partial charge in [0.15, 0.2) is 0 Å². The summed E-state index contributed by atoms with van der Waals surface area (Å²) in [7, 11) is 4.67. The lowest BCUT2D eigenvalue weighted by atomic mass is 10.9. The molecule has 1 aromatic heterocycles. The van der Waals surface area contributed by atoms with Crippen LogP contribution in [0.2, 0.25) is 0 Å². The van der Waals surface area contributed by atoms with Gasteiger partial charge in [-0.3, -0.25) is 4.57 Å². The number of nitrogens with zero attached hydrogens (tertiary/aromatic N) is 3. The van der Waals surface area contributed by atoms with E-state index in [2.05, 4.69) is 10.3 Å². The molecule has 7 heteroatoms. The maximum atomic E-state index is 11.2. The fraction of sp³-hybridized carbons (Fsp3) is 0.500. The van der Waals surface area contributed by atoms with Gasteiger partial charge in [-0.1, -0.05) is 0 Å². The van der Waals surface area contributed by atoms with Crippen LogP contribution in [0.3, 0.4) is 0 Å². The average molecular weight is 202 g/mol. The molecule has 0 aliphatic rings. The Bertz CT molecular complexity index is 438. The predicted molar refractivity (Wildman–Crippen MR) is 48.5 cm³/mol. The van der Waals surface area contributed by atoms with Crippen molar-refractivity contribution in [1.82, 2.24) is 13.8 Å². The molecule has 13 heavy (non-hydrogen) atoms. The van der Waals surface area contributed by atoms with Crippen LogP contribution in [-0.4, -0.2) is 21.6 Å². The molecule has 0 saturated heterocycles. The first-order chi connectivity index (χ1) is 6.06. The zero-order valence-electron chi connectivity index (χ0n) is 7.57. The Balaban J connectivity index is 3.31. The molecule has 0 aliphatic heterocycles. The van der Waals surface area contributed by atoms with Gasteiger partial charge in [0.25, 0.3) is 0 Å². The Morgan fingerprint density at radius 3 is 2.54 bits per heavy atom. The van der Waals surface area contributed by atoms with Crippen LogP contribution in [0, 0.1) is 0 Å². The summed E-state index contributed by atoms with van der Waals surface area (Å²) < 4.78 is 2.72. The number of rotatable bonds is 0. The highest BCUT2D eigenvalue weighted by Gasteiger charge is 2.01. The van der Waals surface area contributed by atoms with Gasteiger partial charge in [-0.15, -0.1) is 0 Å². The van der Waals surface area contributed by atoms with Gasteiger partial charge in [0, 0.05) is 21.1 Å². The third-order valence-corrected chi connectivity index (χ3v) is 2.43. The van der Waals surface area contributed by atoms with Crippen LogP contribution < -0.4 is 15.8 Å². The molecule has 0 atom stereocenters. The number of carbonyl (C=O) groups excluding carboxylic acids is 1. The van der Waals surface area contributed by atoms with Gasteiger partial charge in [0.1, 0.15) is 0 Å². The standard InChI is InChI=1S/C6H10N4O2S/c1-7-4(11)8-5-9(2)6(12)10(3)13-5/h1-3H3,(H,7,11)/b8-5+. The summed E-state index contributed by atoms with van der Waals surface area (Å²) in [5.41, 5.74) is -0.187. The summed E-state index contributed by atoms with van der Waals surface area (Å²) in [6.45, 7) is 0. The Morgan fingerprint density at radius 2 is 2.15 bits per heavy atom. The van der Waals surface area contributed by atoms with Crippen LogP contribution >= 0.6 is 11.5 Å². The molecular formula is C6H10N4O2S. The summed E-state index contributed by atoms with van der Waals surface area (Å²) in [6, 6.07) is -0.461. The van der Waals surface area contributed by atoms with Crippen LogP contribution in [0.5, 0.6) is 0 Å². The Labute approximate surface area is 78.3 Å². The molecule has 6 nitrogen and oxygen atoms in total. The number of hydrogen-bond acceptors (Lipinski definition) is 3. The van der Waals surface area contributed by atoms with Crippen LogP contribution in [0.1, 0.15) is 0 Å². The molecule has 2 amide bonds. The third-order valence-electron chi connectivity index (χ3n) is 1.47. The summed E-state index contributed by atoms with van der Waals surface area (Å²) in [6.07, 6.45) is 0. The highest BCUT2D eigenvalue weighted by molar-refractivity contribution is 7.03. The van der Waals surface area contributed by atoms with Gasteiger partial charge in [0.2, 0.25) is 4.80 Å². The zero-order chi connectivity index (χ0) is 10.0. The number of amides is 2. The Kier molecular flexibility index (Phi) is 2.66. The fourth-order valence-corrected chi connectivity index (χ4v) is 1.52. The number of aromatic nitrogens is 2. The van der Waals surface area contributed by atoms with Crippen molar-refractivity contribution in [2.24, 2.45) is 19.1 Å². The van der Waals surface area contributed by atoms with Crippen LogP contribution in [0.4, 0.5) is 4.79 Å². The lowest BCUT2D eigenvalue weighted by Gasteiger charge is -1.87. The maximum Gasteiger partial charge on any atom is 0.343 e. The molecule has 0 unspecified atom stereocenters. The third kappa shape index (κ3) is 1.86. The second kappa shape index (κ2) is 3.56. The fourth-order valence-electron chi connectivity index (χ4n) is 0.754. The van der Waals surface area contributed by atoms with E-state index in [9.17, 15) is 9.59 Å². The van der Waals surface area contributed by atoms with Crippen molar-refractivity contribution >= 4 is 17.6 Å². The molecule has 0 bridgehead atoms. The molecule has 1 rings (SSSR count). The highest BCUT2D eigenvalue weighted by Crippen LogP contribution is 1.79. The Morgan fingerprint density at radius 1 is 1.54 bits per heavy atom. The average Bonchev–Trinajstić information content (AvgIpc) is 2.34. The molecule has 0 fully saturated rings. The number of carbonyl (C=O) groups is 1. The summed E-state index contributed by atoms with van der Waals surface area (Å²) in [5.74, 6) is 0. The molecule has 1 aromatic rings. The largest absolute Gasteiger partial charge is 0.343 e. The molecule has 1 heterocycles. The first kappa shape index (κ1) is 9.72. The lowest BCUT2D eigenvalue weighted by molar-refractivity contribution is 0.250. The number of hydrogen-bond donors (Lipinski definition) is 1. The molecule has 0 spiro atoms. The second-order valence-corrected chi connectivity index (χ2v) is 3.48. The molecular weight excluding hydrogens is 192 g/mol. The molecule has 0 radical (unpaired) electrons. The van der Waals surface area contributed by atoms with E-state index < -0.39 is 6.03 Å². The quantitative estimate of drug-likeness (QED) is 0.588. The van der Waals surface area contributed by atoms with Crippen molar-refractivity contribution in [2.75, 3.05) is 7.05 Å². The zero-order valence-corrected chi connectivity index (χ0v) is 8.38. The van der Waals surface area contributed by atoms with Crippen molar-refractivity contribution < 1.29 is 4.79 Å². The summed E-state index contributed by atoms with van der Waals surface area (Å²) >= 11 is 1.12. The van der Waals surface area contributed by atoms with Gasteiger partial charge in [-0.05, 0) is 11.5 Å². The van der Waals surface area contributed by atoms with Gasteiger partial charge in [-0.2, -0.15) is 4.99 Å². The minimum Gasteiger partial charge on any atom is -0.339 e. The second-order valence-electron chi connectivity index (χ2n) is 2.38. The number of urea groups is 1. The van der Waals surface area contributed by atoms with Gasteiger partial charge in [0.05, 0.1) is 0 Å². The molecule has 1 N–H and O–H groups in total. The van der Waals surface area contributed by atoms with E-state index in [1.165, 1.54) is 15.6 Å². The maximum absolute atomic E-state index is 11.2. The first-order valence-electron chi connectivity index (χ1n) is 3.56. The van der Waals surface area contributed by atoms with E-state index in [-0.39, 0.29) is 5.69 Å². The minimum atomic E-state index is -0.461. The van der Waals surface area contributed by atoms with Crippen LogP contribution in [-0.2, 0) is 14.1 Å². The monoisotopic (exact) mass is 202 g/mol. The normalized spacial score (nSPS) is 11.8. The van der Waals surface area contributed by atoms with E-state index in [0.717, 1.165) is 11.5 Å². The van der Waals surface area contributed by atoms with Gasteiger partial charge >= 0.3 is 11.7 Å². The van der Waals surface area contributed by atoms with Crippen molar-refractivity contribution in [3.05, 3.63) is 15.3 Å². The van der Waals surface area contributed by atoms with E-state index in [4.69, 9.17) is 0 Å². The summed E-state index contributed by atoms with van der Waals surface area (Å²) in [5, 5.41) is 2.35. The van der Waals surface area contributed by atoms with E-state index in [0.29, 0.717) is 4.80 Å². The molecule has 0 aromatic carbocycles. The number of nitrogens with one attached hydrogen (secondary N) is 1. The molecule has 0 saturated carbocycles.